The molecule has 0 heterocycles. The van der Waals surface area contributed by atoms with Crippen LogP contribution >= 0.6 is 11.6 Å². The van der Waals surface area contributed by atoms with Crippen molar-refractivity contribution in [2.24, 2.45) is 0 Å². The van der Waals surface area contributed by atoms with Crippen molar-refractivity contribution in [2.45, 2.75) is 13.2 Å². The third-order valence-electron chi connectivity index (χ3n) is 2.07. The van der Waals surface area contributed by atoms with Crippen LogP contribution in [-0.4, -0.2) is 20.5 Å². The SMILES string of the molecule is COC(/C=C(\Cl)c1ccc(C)cc1)OC. The van der Waals surface area contributed by atoms with Crippen LogP contribution in [0.3, 0.4) is 0 Å². The molecule has 0 aromatic heterocycles. The molecule has 0 saturated heterocycles. The lowest BCUT2D eigenvalue weighted by Gasteiger charge is -2.09. The van der Waals surface area contributed by atoms with E-state index in [4.69, 9.17) is 21.1 Å². The molecule has 2 nitrogen and oxygen atoms in total. The van der Waals surface area contributed by atoms with Crippen molar-refractivity contribution in [1.29, 1.82) is 0 Å². The molecule has 0 saturated carbocycles. The third-order valence-corrected chi connectivity index (χ3v) is 2.42. The second-order valence-corrected chi connectivity index (χ2v) is 3.63. The molecule has 0 aliphatic rings. The van der Waals surface area contributed by atoms with E-state index in [9.17, 15) is 0 Å². The fraction of sp³-hybridized carbons (Fsp3) is 0.333. The van der Waals surface area contributed by atoms with Gasteiger partial charge in [0.2, 0.25) is 0 Å². The minimum absolute atomic E-state index is 0.404. The van der Waals surface area contributed by atoms with Gasteiger partial charge in [-0.3, -0.25) is 0 Å². The molecular formula is C12H15ClO2. The van der Waals surface area contributed by atoms with E-state index in [1.165, 1.54) is 5.56 Å². The van der Waals surface area contributed by atoms with E-state index in [-0.39, 0.29) is 0 Å². The predicted octanol–water partition coefficient (Wildman–Crippen LogP) is 3.19. The standard InChI is InChI=1S/C12H15ClO2/c1-9-4-6-10(7-5-9)11(13)8-12(14-2)15-3/h4-8,12H,1-3H3/b11-8-. The summed E-state index contributed by atoms with van der Waals surface area (Å²) >= 11 is 6.11. The van der Waals surface area contributed by atoms with Crippen LogP contribution in [0.5, 0.6) is 0 Å². The van der Waals surface area contributed by atoms with E-state index in [2.05, 4.69) is 0 Å². The normalized spacial score (nSPS) is 12.2. The Morgan fingerprint density at radius 2 is 1.73 bits per heavy atom. The molecule has 0 spiro atoms. The lowest BCUT2D eigenvalue weighted by atomic mass is 10.1. The van der Waals surface area contributed by atoms with Crippen LogP contribution in [0.2, 0.25) is 0 Å². The van der Waals surface area contributed by atoms with Gasteiger partial charge in [-0.05, 0) is 18.6 Å². The summed E-state index contributed by atoms with van der Waals surface area (Å²) in [4.78, 5) is 0. The zero-order valence-corrected chi connectivity index (χ0v) is 9.91. The quantitative estimate of drug-likeness (QED) is 0.735. The first kappa shape index (κ1) is 12.2. The van der Waals surface area contributed by atoms with Gasteiger partial charge >= 0.3 is 0 Å². The molecule has 0 fully saturated rings. The molecule has 3 heteroatoms. The first-order valence-corrected chi connectivity index (χ1v) is 5.05. The van der Waals surface area contributed by atoms with E-state index < -0.39 is 6.29 Å². The number of hydrogen-bond donors (Lipinski definition) is 0. The number of ether oxygens (including phenoxy) is 2. The topological polar surface area (TPSA) is 18.5 Å². The van der Waals surface area contributed by atoms with Crippen molar-refractivity contribution < 1.29 is 9.47 Å². The fourth-order valence-corrected chi connectivity index (χ4v) is 1.39. The number of hydrogen-bond acceptors (Lipinski definition) is 2. The van der Waals surface area contributed by atoms with Crippen molar-refractivity contribution >= 4 is 16.6 Å². The lowest BCUT2D eigenvalue weighted by Crippen LogP contribution is -2.09. The number of rotatable bonds is 4. The molecule has 15 heavy (non-hydrogen) atoms. The molecule has 0 unspecified atom stereocenters. The van der Waals surface area contributed by atoms with Gasteiger partial charge in [0.05, 0.1) is 0 Å². The highest BCUT2D eigenvalue weighted by molar-refractivity contribution is 6.48. The molecular weight excluding hydrogens is 212 g/mol. The van der Waals surface area contributed by atoms with Crippen LogP contribution in [0.25, 0.3) is 5.03 Å². The average Bonchev–Trinajstić information content (AvgIpc) is 2.26. The molecule has 0 N–H and O–H groups in total. The minimum atomic E-state index is -0.404. The van der Waals surface area contributed by atoms with Gasteiger partial charge in [-0.15, -0.1) is 0 Å². The number of benzene rings is 1. The van der Waals surface area contributed by atoms with Crippen LogP contribution in [0.1, 0.15) is 11.1 Å². The van der Waals surface area contributed by atoms with Crippen molar-refractivity contribution in [2.75, 3.05) is 14.2 Å². The van der Waals surface area contributed by atoms with E-state index in [1.807, 2.05) is 31.2 Å². The van der Waals surface area contributed by atoms with Crippen LogP contribution < -0.4 is 0 Å². The van der Waals surface area contributed by atoms with Crippen LogP contribution in [0.4, 0.5) is 0 Å². The Morgan fingerprint density at radius 3 is 2.20 bits per heavy atom. The maximum absolute atomic E-state index is 6.11. The molecule has 0 aliphatic heterocycles. The highest BCUT2D eigenvalue weighted by Crippen LogP contribution is 2.20. The van der Waals surface area contributed by atoms with Crippen LogP contribution in [0.15, 0.2) is 30.3 Å². The molecule has 1 aromatic rings. The van der Waals surface area contributed by atoms with Crippen LogP contribution in [0, 0.1) is 6.92 Å². The summed E-state index contributed by atoms with van der Waals surface area (Å²) in [7, 11) is 3.15. The van der Waals surface area contributed by atoms with Gasteiger partial charge in [0.15, 0.2) is 6.29 Å². The van der Waals surface area contributed by atoms with Gasteiger partial charge in [-0.2, -0.15) is 0 Å². The Labute approximate surface area is 95.5 Å². The molecule has 0 bridgehead atoms. The summed E-state index contributed by atoms with van der Waals surface area (Å²) in [5, 5.41) is 0.628. The average molecular weight is 227 g/mol. The zero-order chi connectivity index (χ0) is 11.3. The fourth-order valence-electron chi connectivity index (χ4n) is 1.16. The molecule has 1 aromatic carbocycles. The largest absolute Gasteiger partial charge is 0.352 e. The van der Waals surface area contributed by atoms with E-state index in [0.717, 1.165) is 5.56 Å². The summed E-state index contributed by atoms with van der Waals surface area (Å²) in [6.45, 7) is 2.04. The van der Waals surface area contributed by atoms with Gasteiger partial charge in [-0.1, -0.05) is 41.4 Å². The Kier molecular flexibility index (Phi) is 4.82. The zero-order valence-electron chi connectivity index (χ0n) is 9.16. The van der Waals surface area contributed by atoms with E-state index in [0.29, 0.717) is 5.03 Å². The van der Waals surface area contributed by atoms with Crippen molar-refractivity contribution in [1.82, 2.24) is 0 Å². The van der Waals surface area contributed by atoms with Gasteiger partial charge in [0.1, 0.15) is 0 Å². The Bertz CT molecular complexity index is 326. The highest BCUT2D eigenvalue weighted by atomic mass is 35.5. The maximum atomic E-state index is 6.11. The van der Waals surface area contributed by atoms with E-state index in [1.54, 1.807) is 20.3 Å². The van der Waals surface area contributed by atoms with Crippen molar-refractivity contribution in [3.8, 4) is 0 Å². The number of halogens is 1. The first-order chi connectivity index (χ1) is 7.17. The summed E-state index contributed by atoms with van der Waals surface area (Å²) in [6, 6.07) is 7.97. The Morgan fingerprint density at radius 1 is 1.20 bits per heavy atom. The molecule has 0 aliphatic carbocycles. The Hall–Kier alpha value is -0.830. The van der Waals surface area contributed by atoms with Crippen LogP contribution in [-0.2, 0) is 9.47 Å². The third kappa shape index (κ3) is 3.67. The van der Waals surface area contributed by atoms with Gasteiger partial charge in [0.25, 0.3) is 0 Å². The second-order valence-electron chi connectivity index (χ2n) is 3.22. The van der Waals surface area contributed by atoms with Gasteiger partial charge < -0.3 is 9.47 Å². The van der Waals surface area contributed by atoms with Gasteiger partial charge in [0, 0.05) is 19.3 Å². The molecule has 0 amide bonds. The number of aryl methyl sites for hydroxylation is 1. The highest BCUT2D eigenvalue weighted by Gasteiger charge is 2.04. The first-order valence-electron chi connectivity index (χ1n) is 4.67. The van der Waals surface area contributed by atoms with E-state index >= 15 is 0 Å². The minimum Gasteiger partial charge on any atom is -0.352 e. The molecule has 0 atom stereocenters. The summed E-state index contributed by atoms with van der Waals surface area (Å²) in [5.74, 6) is 0. The summed E-state index contributed by atoms with van der Waals surface area (Å²) in [6.07, 6.45) is 1.32. The monoisotopic (exact) mass is 226 g/mol. The summed E-state index contributed by atoms with van der Waals surface area (Å²) < 4.78 is 10.1. The second kappa shape index (κ2) is 5.91. The van der Waals surface area contributed by atoms with Crippen molar-refractivity contribution in [3.63, 3.8) is 0 Å². The van der Waals surface area contributed by atoms with Crippen molar-refractivity contribution in [3.05, 3.63) is 41.5 Å². The molecule has 1 rings (SSSR count). The Balaban J connectivity index is 2.83. The number of methoxy groups -OCH3 is 2. The molecule has 0 radical (unpaired) electrons. The summed E-state index contributed by atoms with van der Waals surface area (Å²) in [5.41, 5.74) is 2.17. The predicted molar refractivity (Wildman–Crippen MR) is 62.8 cm³/mol. The smallest absolute Gasteiger partial charge is 0.177 e. The van der Waals surface area contributed by atoms with Gasteiger partial charge in [-0.25, -0.2) is 0 Å². The maximum Gasteiger partial charge on any atom is 0.177 e. The molecule has 82 valence electrons. The lowest BCUT2D eigenvalue weighted by molar-refractivity contribution is -0.0661.